The molecule has 5 nitrogen and oxygen atoms in total. The molecular weight excluding hydrogens is 252 g/mol. The molecule has 1 N–H and O–H groups in total. The van der Waals surface area contributed by atoms with Crippen molar-refractivity contribution in [3.63, 3.8) is 0 Å². The quantitative estimate of drug-likeness (QED) is 0.891. The van der Waals surface area contributed by atoms with Gasteiger partial charge in [0, 0.05) is 18.8 Å². The van der Waals surface area contributed by atoms with Gasteiger partial charge in [-0.05, 0) is 44.0 Å². The molecule has 104 valence electrons. The molecule has 0 saturated carbocycles. The van der Waals surface area contributed by atoms with E-state index in [2.05, 4.69) is 15.2 Å². The highest BCUT2D eigenvalue weighted by molar-refractivity contribution is 5.93. The summed E-state index contributed by atoms with van der Waals surface area (Å²) >= 11 is 0. The van der Waals surface area contributed by atoms with E-state index in [1.54, 1.807) is 6.20 Å². The lowest BCUT2D eigenvalue weighted by Crippen LogP contribution is -2.57. The highest BCUT2D eigenvalue weighted by Gasteiger charge is 2.35. The second kappa shape index (κ2) is 4.59. The Balaban J connectivity index is 1.56. The first-order valence-corrected chi connectivity index (χ1v) is 7.26. The van der Waals surface area contributed by atoms with E-state index in [4.69, 9.17) is 0 Å². The van der Waals surface area contributed by atoms with Crippen molar-refractivity contribution in [3.05, 3.63) is 36.3 Å². The third-order valence-electron chi connectivity index (χ3n) is 4.62. The fourth-order valence-electron chi connectivity index (χ4n) is 3.47. The SMILES string of the molecule is O=C(NC1CN2CCC1CC2)c1cnc2ccccn12. The van der Waals surface area contributed by atoms with Crippen LogP contribution >= 0.6 is 0 Å². The molecule has 2 bridgehead atoms. The van der Waals surface area contributed by atoms with Crippen molar-refractivity contribution >= 4 is 11.6 Å². The van der Waals surface area contributed by atoms with Crippen molar-refractivity contribution in [1.82, 2.24) is 19.6 Å². The number of aromatic nitrogens is 2. The first-order valence-electron chi connectivity index (χ1n) is 7.26. The van der Waals surface area contributed by atoms with Crippen molar-refractivity contribution in [2.45, 2.75) is 18.9 Å². The maximum atomic E-state index is 12.5. The molecule has 0 aromatic carbocycles. The second-order valence-corrected chi connectivity index (χ2v) is 5.79. The van der Waals surface area contributed by atoms with Crippen LogP contribution in [0, 0.1) is 5.92 Å². The number of piperidine rings is 3. The van der Waals surface area contributed by atoms with Crippen LogP contribution in [-0.2, 0) is 0 Å². The van der Waals surface area contributed by atoms with Crippen molar-refractivity contribution in [2.75, 3.05) is 19.6 Å². The molecule has 3 saturated heterocycles. The first-order chi connectivity index (χ1) is 9.81. The van der Waals surface area contributed by atoms with Gasteiger partial charge >= 0.3 is 0 Å². The molecule has 3 aliphatic heterocycles. The molecule has 5 heterocycles. The van der Waals surface area contributed by atoms with Crippen LogP contribution in [0.25, 0.3) is 5.65 Å². The van der Waals surface area contributed by atoms with Gasteiger partial charge in [-0.3, -0.25) is 9.20 Å². The van der Waals surface area contributed by atoms with Crippen LogP contribution in [0.4, 0.5) is 0 Å². The van der Waals surface area contributed by atoms with E-state index in [0.717, 1.165) is 12.2 Å². The van der Waals surface area contributed by atoms with E-state index >= 15 is 0 Å². The van der Waals surface area contributed by atoms with E-state index in [-0.39, 0.29) is 5.91 Å². The summed E-state index contributed by atoms with van der Waals surface area (Å²) < 4.78 is 1.84. The lowest BCUT2D eigenvalue weighted by Gasteiger charge is -2.44. The maximum Gasteiger partial charge on any atom is 0.270 e. The van der Waals surface area contributed by atoms with Gasteiger partial charge in [0.1, 0.15) is 11.3 Å². The summed E-state index contributed by atoms with van der Waals surface area (Å²) in [5.74, 6) is 0.630. The zero-order chi connectivity index (χ0) is 13.5. The summed E-state index contributed by atoms with van der Waals surface area (Å²) in [5.41, 5.74) is 1.43. The van der Waals surface area contributed by atoms with Crippen molar-refractivity contribution in [3.8, 4) is 0 Å². The Morgan fingerprint density at radius 3 is 2.90 bits per heavy atom. The van der Waals surface area contributed by atoms with E-state index in [0.29, 0.717) is 17.7 Å². The minimum absolute atomic E-state index is 0.0116. The summed E-state index contributed by atoms with van der Waals surface area (Å²) in [7, 11) is 0. The molecule has 0 radical (unpaired) electrons. The summed E-state index contributed by atoms with van der Waals surface area (Å²) in [6.45, 7) is 3.37. The number of nitrogens with zero attached hydrogens (tertiary/aromatic N) is 3. The molecule has 3 aliphatic rings. The Morgan fingerprint density at radius 1 is 1.30 bits per heavy atom. The molecule has 0 spiro atoms. The smallest absolute Gasteiger partial charge is 0.270 e. The summed E-state index contributed by atoms with van der Waals surface area (Å²) in [4.78, 5) is 19.2. The molecule has 2 aromatic rings. The second-order valence-electron chi connectivity index (χ2n) is 5.79. The van der Waals surface area contributed by atoms with Gasteiger partial charge in [0.25, 0.3) is 5.91 Å². The zero-order valence-corrected chi connectivity index (χ0v) is 11.3. The molecule has 2 aromatic heterocycles. The maximum absolute atomic E-state index is 12.5. The largest absolute Gasteiger partial charge is 0.346 e. The normalized spacial score (nSPS) is 28.7. The predicted molar refractivity (Wildman–Crippen MR) is 75.6 cm³/mol. The van der Waals surface area contributed by atoms with Gasteiger partial charge in [-0.2, -0.15) is 0 Å². The first kappa shape index (κ1) is 11.9. The number of amides is 1. The average molecular weight is 270 g/mol. The van der Waals surface area contributed by atoms with E-state index in [1.165, 1.54) is 25.9 Å². The van der Waals surface area contributed by atoms with Gasteiger partial charge in [0.2, 0.25) is 0 Å². The zero-order valence-electron chi connectivity index (χ0n) is 11.3. The van der Waals surface area contributed by atoms with Gasteiger partial charge in [0.05, 0.1) is 6.20 Å². The molecule has 5 heteroatoms. The summed E-state index contributed by atoms with van der Waals surface area (Å²) in [6, 6.07) is 6.04. The molecule has 20 heavy (non-hydrogen) atoms. The molecule has 5 rings (SSSR count). The van der Waals surface area contributed by atoms with Crippen LogP contribution in [-0.4, -0.2) is 45.9 Å². The topological polar surface area (TPSA) is 49.6 Å². The van der Waals surface area contributed by atoms with Crippen LogP contribution in [0.15, 0.2) is 30.6 Å². The fourth-order valence-corrected chi connectivity index (χ4v) is 3.47. The number of hydrogen-bond donors (Lipinski definition) is 1. The Morgan fingerprint density at radius 2 is 2.15 bits per heavy atom. The van der Waals surface area contributed by atoms with Gasteiger partial charge in [-0.15, -0.1) is 0 Å². The monoisotopic (exact) mass is 270 g/mol. The van der Waals surface area contributed by atoms with E-state index in [9.17, 15) is 4.79 Å². The predicted octanol–water partition coefficient (Wildman–Crippen LogP) is 1.16. The number of carbonyl (C=O) groups is 1. The lowest BCUT2D eigenvalue weighted by atomic mass is 9.84. The molecule has 3 fully saturated rings. The van der Waals surface area contributed by atoms with Crippen molar-refractivity contribution in [1.29, 1.82) is 0 Å². The average Bonchev–Trinajstić information content (AvgIpc) is 2.92. The highest BCUT2D eigenvalue weighted by atomic mass is 16.2. The van der Waals surface area contributed by atoms with Crippen LogP contribution in [0.1, 0.15) is 23.3 Å². The fraction of sp³-hybridized carbons (Fsp3) is 0.467. The van der Waals surface area contributed by atoms with Crippen LogP contribution in [0.5, 0.6) is 0 Å². The minimum Gasteiger partial charge on any atom is -0.346 e. The molecule has 0 aliphatic carbocycles. The van der Waals surface area contributed by atoms with Crippen molar-refractivity contribution < 1.29 is 4.79 Å². The number of nitrogens with one attached hydrogen (secondary N) is 1. The van der Waals surface area contributed by atoms with Crippen molar-refractivity contribution in [2.24, 2.45) is 5.92 Å². The lowest BCUT2D eigenvalue weighted by molar-refractivity contribution is 0.0617. The van der Waals surface area contributed by atoms with Gasteiger partial charge in [0.15, 0.2) is 0 Å². The molecular formula is C15H18N4O. The number of hydrogen-bond acceptors (Lipinski definition) is 3. The molecule has 1 unspecified atom stereocenters. The standard InChI is InChI=1S/C15H18N4O/c20-15(13-9-16-14-3-1-2-6-19(13)14)17-12-10-18-7-4-11(12)5-8-18/h1-3,6,9,11-12H,4-5,7-8,10H2,(H,17,20). The Kier molecular flexibility index (Phi) is 2.73. The van der Waals surface area contributed by atoms with Crippen LogP contribution in [0.2, 0.25) is 0 Å². The number of carbonyl (C=O) groups excluding carboxylic acids is 1. The number of imidazole rings is 1. The third kappa shape index (κ3) is 1.89. The Hall–Kier alpha value is -1.88. The molecule has 1 amide bonds. The Bertz CT molecular complexity index is 642. The molecule has 1 atom stereocenters. The van der Waals surface area contributed by atoms with Gasteiger partial charge in [-0.25, -0.2) is 4.98 Å². The highest BCUT2D eigenvalue weighted by Crippen LogP contribution is 2.27. The number of fused-ring (bicyclic) bond motifs is 4. The van der Waals surface area contributed by atoms with E-state index in [1.807, 2.05) is 28.8 Å². The minimum atomic E-state index is -0.0116. The van der Waals surface area contributed by atoms with Gasteiger partial charge in [-0.1, -0.05) is 6.07 Å². The van der Waals surface area contributed by atoms with Gasteiger partial charge < -0.3 is 10.2 Å². The van der Waals surface area contributed by atoms with Crippen LogP contribution in [0.3, 0.4) is 0 Å². The van der Waals surface area contributed by atoms with Crippen LogP contribution < -0.4 is 5.32 Å². The summed E-state index contributed by atoms with van der Waals surface area (Å²) in [6.07, 6.45) is 5.95. The number of pyridine rings is 1. The van der Waals surface area contributed by atoms with E-state index < -0.39 is 0 Å². The Labute approximate surface area is 117 Å². The third-order valence-corrected chi connectivity index (χ3v) is 4.62. The summed E-state index contributed by atoms with van der Waals surface area (Å²) in [5, 5.41) is 3.20. The number of rotatable bonds is 2.